The van der Waals surface area contributed by atoms with Gasteiger partial charge in [-0.2, -0.15) is 5.10 Å². The second-order valence-electron chi connectivity index (χ2n) is 5.27. The van der Waals surface area contributed by atoms with Crippen LogP contribution in [0.15, 0.2) is 4.47 Å². The van der Waals surface area contributed by atoms with Gasteiger partial charge in [-0.15, -0.1) is 0 Å². The first kappa shape index (κ1) is 14.7. The van der Waals surface area contributed by atoms with E-state index >= 15 is 0 Å². The summed E-state index contributed by atoms with van der Waals surface area (Å²) in [6.07, 6.45) is 3.46. The van der Waals surface area contributed by atoms with Crippen LogP contribution in [0.2, 0.25) is 0 Å². The Morgan fingerprint density at radius 2 is 2.16 bits per heavy atom. The zero-order valence-corrected chi connectivity index (χ0v) is 13.3. The lowest BCUT2D eigenvalue weighted by molar-refractivity contribution is -0.119. The van der Waals surface area contributed by atoms with Crippen LogP contribution < -0.4 is 5.32 Å². The van der Waals surface area contributed by atoms with E-state index in [1.54, 1.807) is 0 Å². The van der Waals surface area contributed by atoms with E-state index in [1.807, 2.05) is 11.6 Å². The van der Waals surface area contributed by atoms with E-state index in [9.17, 15) is 4.79 Å². The molecule has 1 aromatic heterocycles. The predicted octanol–water partition coefficient (Wildman–Crippen LogP) is 2.48. The molecule has 4 nitrogen and oxygen atoms in total. The Bertz CT molecular complexity index is 450. The summed E-state index contributed by atoms with van der Waals surface area (Å²) >= 11 is 3.55. The van der Waals surface area contributed by atoms with Gasteiger partial charge in [-0.1, -0.05) is 0 Å². The molecule has 1 N–H and O–H groups in total. The van der Waals surface area contributed by atoms with Gasteiger partial charge >= 0.3 is 0 Å². The predicted molar refractivity (Wildman–Crippen MR) is 79.3 cm³/mol. The van der Waals surface area contributed by atoms with E-state index in [0.29, 0.717) is 24.5 Å². The van der Waals surface area contributed by atoms with Crippen molar-refractivity contribution >= 4 is 21.7 Å². The minimum Gasteiger partial charge on any atom is -0.317 e. The Labute approximate surface area is 123 Å². The van der Waals surface area contributed by atoms with Crippen LogP contribution in [0.3, 0.4) is 0 Å². The van der Waals surface area contributed by atoms with Crippen molar-refractivity contribution in [2.75, 3.05) is 13.1 Å². The zero-order chi connectivity index (χ0) is 13.8. The average Bonchev–Trinajstić information content (AvgIpc) is 2.67. The number of hydrogen-bond donors (Lipinski definition) is 1. The number of halogens is 1. The SMILES string of the molecule is CCn1nc(C)c(Br)c1CC(=O)CC1CCNCC1. The summed E-state index contributed by atoms with van der Waals surface area (Å²) < 4.78 is 2.92. The fourth-order valence-electron chi connectivity index (χ4n) is 2.70. The fourth-order valence-corrected chi connectivity index (χ4v) is 3.13. The van der Waals surface area contributed by atoms with Gasteiger partial charge in [0.15, 0.2) is 0 Å². The van der Waals surface area contributed by atoms with Crippen molar-refractivity contribution in [1.29, 1.82) is 0 Å². The highest BCUT2D eigenvalue weighted by Gasteiger charge is 2.20. The highest BCUT2D eigenvalue weighted by molar-refractivity contribution is 9.10. The maximum absolute atomic E-state index is 12.2. The van der Waals surface area contributed by atoms with E-state index in [-0.39, 0.29) is 0 Å². The molecule has 2 heterocycles. The van der Waals surface area contributed by atoms with Gasteiger partial charge in [-0.3, -0.25) is 9.48 Å². The molecule has 1 aliphatic rings. The van der Waals surface area contributed by atoms with Crippen LogP contribution in [-0.4, -0.2) is 28.7 Å². The Morgan fingerprint density at radius 1 is 1.47 bits per heavy atom. The second kappa shape index (κ2) is 6.66. The van der Waals surface area contributed by atoms with Crippen LogP contribution in [0.4, 0.5) is 0 Å². The molecule has 106 valence electrons. The maximum Gasteiger partial charge on any atom is 0.139 e. The molecule has 1 saturated heterocycles. The number of carbonyl (C=O) groups excluding carboxylic acids is 1. The van der Waals surface area contributed by atoms with Gasteiger partial charge < -0.3 is 5.32 Å². The molecule has 0 aliphatic carbocycles. The van der Waals surface area contributed by atoms with Crippen LogP contribution in [0.5, 0.6) is 0 Å². The molecule has 1 fully saturated rings. The molecule has 0 radical (unpaired) electrons. The number of hydrogen-bond acceptors (Lipinski definition) is 3. The first-order chi connectivity index (χ1) is 9.11. The summed E-state index contributed by atoms with van der Waals surface area (Å²) in [4.78, 5) is 12.2. The van der Waals surface area contributed by atoms with Crippen molar-refractivity contribution in [3.63, 3.8) is 0 Å². The van der Waals surface area contributed by atoms with Gasteiger partial charge in [-0.05, 0) is 61.6 Å². The third-order valence-electron chi connectivity index (χ3n) is 3.79. The fraction of sp³-hybridized carbons (Fsp3) is 0.714. The summed E-state index contributed by atoms with van der Waals surface area (Å²) in [5.41, 5.74) is 1.99. The number of aromatic nitrogens is 2. The first-order valence-electron chi connectivity index (χ1n) is 7.06. The van der Waals surface area contributed by atoms with Gasteiger partial charge in [0.25, 0.3) is 0 Å². The topological polar surface area (TPSA) is 46.9 Å². The van der Waals surface area contributed by atoms with Crippen molar-refractivity contribution < 1.29 is 4.79 Å². The summed E-state index contributed by atoms with van der Waals surface area (Å²) in [7, 11) is 0. The lowest BCUT2D eigenvalue weighted by Gasteiger charge is -2.21. The molecule has 2 rings (SSSR count). The van der Waals surface area contributed by atoms with Crippen molar-refractivity contribution in [2.24, 2.45) is 5.92 Å². The van der Waals surface area contributed by atoms with E-state index < -0.39 is 0 Å². The number of carbonyl (C=O) groups is 1. The molecule has 0 aromatic carbocycles. The molecule has 0 unspecified atom stereocenters. The normalized spacial score (nSPS) is 16.8. The Balaban J connectivity index is 1.98. The molecule has 0 spiro atoms. The van der Waals surface area contributed by atoms with Crippen LogP contribution in [-0.2, 0) is 17.8 Å². The quantitative estimate of drug-likeness (QED) is 0.903. The van der Waals surface area contributed by atoms with Crippen LogP contribution in [0.25, 0.3) is 0 Å². The molecule has 0 atom stereocenters. The summed E-state index contributed by atoms with van der Waals surface area (Å²) in [6.45, 7) is 6.93. The Morgan fingerprint density at radius 3 is 2.79 bits per heavy atom. The summed E-state index contributed by atoms with van der Waals surface area (Å²) in [5.74, 6) is 0.897. The number of nitrogens with zero attached hydrogens (tertiary/aromatic N) is 2. The largest absolute Gasteiger partial charge is 0.317 e. The zero-order valence-electron chi connectivity index (χ0n) is 11.7. The van der Waals surface area contributed by atoms with Crippen molar-refractivity contribution in [3.8, 4) is 0 Å². The van der Waals surface area contributed by atoms with E-state index in [4.69, 9.17) is 0 Å². The molecular formula is C14H22BrN3O. The molecule has 0 bridgehead atoms. The lowest BCUT2D eigenvalue weighted by atomic mass is 9.91. The van der Waals surface area contributed by atoms with Crippen molar-refractivity contribution in [1.82, 2.24) is 15.1 Å². The smallest absolute Gasteiger partial charge is 0.139 e. The number of Topliss-reactive ketones (excluding diaryl/α,β-unsaturated/α-hetero) is 1. The molecule has 1 aromatic rings. The molecule has 0 amide bonds. The summed E-state index contributed by atoms with van der Waals surface area (Å²) in [5, 5.41) is 7.77. The van der Waals surface area contributed by atoms with E-state index in [0.717, 1.165) is 48.3 Å². The average molecular weight is 328 g/mol. The Hall–Kier alpha value is -0.680. The number of ketones is 1. The molecule has 0 saturated carbocycles. The molecular weight excluding hydrogens is 306 g/mol. The first-order valence-corrected chi connectivity index (χ1v) is 7.85. The third kappa shape index (κ3) is 3.66. The molecule has 19 heavy (non-hydrogen) atoms. The number of nitrogens with one attached hydrogen (secondary N) is 1. The highest BCUT2D eigenvalue weighted by atomic mass is 79.9. The Kier molecular flexibility index (Phi) is 5.16. The van der Waals surface area contributed by atoms with E-state index in [2.05, 4.69) is 33.3 Å². The van der Waals surface area contributed by atoms with Gasteiger partial charge in [0.05, 0.1) is 15.9 Å². The molecule has 5 heteroatoms. The maximum atomic E-state index is 12.2. The minimum atomic E-state index is 0.335. The van der Waals surface area contributed by atoms with Crippen LogP contribution >= 0.6 is 15.9 Å². The van der Waals surface area contributed by atoms with Gasteiger partial charge in [0, 0.05) is 19.4 Å². The molecule has 1 aliphatic heterocycles. The number of aryl methyl sites for hydroxylation is 2. The van der Waals surface area contributed by atoms with Crippen molar-refractivity contribution in [3.05, 3.63) is 15.9 Å². The van der Waals surface area contributed by atoms with Gasteiger partial charge in [-0.25, -0.2) is 0 Å². The minimum absolute atomic E-state index is 0.335. The van der Waals surface area contributed by atoms with Gasteiger partial charge in [0.2, 0.25) is 0 Å². The van der Waals surface area contributed by atoms with Crippen LogP contribution in [0.1, 0.15) is 37.6 Å². The van der Waals surface area contributed by atoms with Crippen LogP contribution in [0, 0.1) is 12.8 Å². The standard InChI is InChI=1S/C14H22BrN3O/c1-3-18-13(14(15)10(2)17-18)9-12(19)8-11-4-6-16-7-5-11/h11,16H,3-9H2,1-2H3. The van der Waals surface area contributed by atoms with E-state index in [1.165, 1.54) is 0 Å². The highest BCUT2D eigenvalue weighted by Crippen LogP contribution is 2.23. The second-order valence-corrected chi connectivity index (χ2v) is 6.07. The monoisotopic (exact) mass is 327 g/mol. The third-order valence-corrected chi connectivity index (χ3v) is 4.82. The van der Waals surface area contributed by atoms with Crippen molar-refractivity contribution in [2.45, 2.75) is 46.1 Å². The number of rotatable bonds is 5. The van der Waals surface area contributed by atoms with Gasteiger partial charge in [0.1, 0.15) is 5.78 Å². The lowest BCUT2D eigenvalue weighted by Crippen LogP contribution is -2.29. The number of piperidine rings is 1. The summed E-state index contributed by atoms with van der Waals surface area (Å²) in [6, 6.07) is 0.